The molecule has 0 heterocycles. The van der Waals surface area contributed by atoms with Crippen molar-refractivity contribution in [1.29, 1.82) is 0 Å². The van der Waals surface area contributed by atoms with E-state index >= 15 is 0 Å². The van der Waals surface area contributed by atoms with E-state index in [0.29, 0.717) is 37.5 Å². The molecule has 0 saturated heterocycles. The van der Waals surface area contributed by atoms with Crippen LogP contribution < -0.4 is 0 Å². The van der Waals surface area contributed by atoms with E-state index in [2.05, 4.69) is 55.4 Å². The van der Waals surface area contributed by atoms with E-state index in [-0.39, 0.29) is 25.7 Å². The van der Waals surface area contributed by atoms with Crippen LogP contribution in [0.5, 0.6) is 0 Å². The van der Waals surface area contributed by atoms with E-state index in [4.69, 9.17) is 37.0 Å². The van der Waals surface area contributed by atoms with Gasteiger partial charge in [-0.25, -0.2) is 9.13 Å². The molecule has 0 fully saturated rings. The number of esters is 4. The van der Waals surface area contributed by atoms with Crippen molar-refractivity contribution in [3.8, 4) is 0 Å². The molecule has 0 spiro atoms. The number of aliphatic hydroxyl groups is 1. The molecule has 0 aromatic rings. The number of hydrogen-bond donors (Lipinski definition) is 3. The van der Waals surface area contributed by atoms with Gasteiger partial charge in [-0.2, -0.15) is 0 Å². The third-order valence-electron chi connectivity index (χ3n) is 16.3. The lowest BCUT2D eigenvalue weighted by molar-refractivity contribution is -0.161. The van der Waals surface area contributed by atoms with Gasteiger partial charge in [-0.15, -0.1) is 0 Å². The highest BCUT2D eigenvalue weighted by Gasteiger charge is 2.30. The van der Waals surface area contributed by atoms with Crippen molar-refractivity contribution in [3.63, 3.8) is 0 Å². The Balaban J connectivity index is 5.24. The van der Waals surface area contributed by atoms with Crippen molar-refractivity contribution in [2.75, 3.05) is 39.6 Å². The fourth-order valence-electron chi connectivity index (χ4n) is 10.7. The van der Waals surface area contributed by atoms with Gasteiger partial charge in [0.2, 0.25) is 0 Å². The highest BCUT2D eigenvalue weighted by atomic mass is 31.2. The first-order valence-corrected chi connectivity index (χ1v) is 39.7. The summed E-state index contributed by atoms with van der Waals surface area (Å²) in [5.41, 5.74) is 0. The molecular weight excluding hydrogens is 1190 g/mol. The Morgan fingerprint density at radius 2 is 0.467 bits per heavy atom. The predicted molar refractivity (Wildman–Crippen MR) is 363 cm³/mol. The number of unbranched alkanes of at least 4 members (excludes halogenated alkanes) is 34. The van der Waals surface area contributed by atoms with Gasteiger partial charge in [0.15, 0.2) is 12.2 Å². The lowest BCUT2D eigenvalue weighted by Gasteiger charge is -2.21. The zero-order valence-electron chi connectivity index (χ0n) is 58.8. The van der Waals surface area contributed by atoms with Gasteiger partial charge in [-0.3, -0.25) is 37.3 Å². The Hall–Kier alpha value is -1.94. The summed E-state index contributed by atoms with van der Waals surface area (Å²) in [6.07, 6.45) is 43.2. The third kappa shape index (κ3) is 64.8. The number of carbonyl (C=O) groups excluding carboxylic acids is 4. The highest BCUT2D eigenvalue weighted by molar-refractivity contribution is 7.47. The molecule has 5 atom stereocenters. The molecule has 0 rings (SSSR count). The maximum Gasteiger partial charge on any atom is 0.472 e. The topological polar surface area (TPSA) is 237 Å². The van der Waals surface area contributed by atoms with Gasteiger partial charge >= 0.3 is 39.5 Å². The molecule has 0 amide bonds. The second-order valence-corrected chi connectivity index (χ2v) is 30.4. The smallest absolute Gasteiger partial charge is 0.462 e. The van der Waals surface area contributed by atoms with Gasteiger partial charge in [-0.05, 0) is 49.4 Å². The number of carbonyl (C=O) groups is 4. The number of aliphatic hydroxyl groups excluding tert-OH is 1. The molecular formula is C71H138O17P2. The van der Waals surface area contributed by atoms with Crippen LogP contribution in [-0.2, 0) is 65.4 Å². The third-order valence-corrected chi connectivity index (χ3v) is 18.2. The van der Waals surface area contributed by atoms with E-state index in [9.17, 15) is 43.2 Å². The monoisotopic (exact) mass is 1320 g/mol. The summed E-state index contributed by atoms with van der Waals surface area (Å²) in [4.78, 5) is 72.5. The minimum absolute atomic E-state index is 0.102. The molecule has 0 aromatic carbocycles. The van der Waals surface area contributed by atoms with Crippen molar-refractivity contribution in [3.05, 3.63) is 0 Å². The van der Waals surface area contributed by atoms with Crippen molar-refractivity contribution >= 4 is 39.5 Å². The zero-order chi connectivity index (χ0) is 66.8. The van der Waals surface area contributed by atoms with E-state index in [0.717, 1.165) is 108 Å². The Bertz CT molecular complexity index is 1780. The fourth-order valence-corrected chi connectivity index (χ4v) is 12.2. The van der Waals surface area contributed by atoms with Crippen LogP contribution >= 0.6 is 15.6 Å². The quantitative estimate of drug-likeness (QED) is 0.0222. The summed E-state index contributed by atoms with van der Waals surface area (Å²) in [5.74, 6) is 0.829. The number of ether oxygens (including phenoxy) is 4. The summed E-state index contributed by atoms with van der Waals surface area (Å²) < 4.78 is 68.3. The van der Waals surface area contributed by atoms with Crippen molar-refractivity contribution in [2.45, 2.75) is 369 Å². The Morgan fingerprint density at radius 3 is 0.689 bits per heavy atom. The first-order chi connectivity index (χ1) is 43.1. The summed E-state index contributed by atoms with van der Waals surface area (Å²) >= 11 is 0. The lowest BCUT2D eigenvalue weighted by atomic mass is 10.0. The number of rotatable bonds is 68. The second kappa shape index (κ2) is 60.7. The van der Waals surface area contributed by atoms with Crippen LogP contribution in [-0.4, -0.2) is 96.7 Å². The Kier molecular flexibility index (Phi) is 59.4. The van der Waals surface area contributed by atoms with Gasteiger partial charge in [0.1, 0.15) is 19.3 Å². The van der Waals surface area contributed by atoms with Gasteiger partial charge in [0, 0.05) is 25.7 Å². The molecule has 90 heavy (non-hydrogen) atoms. The second-order valence-electron chi connectivity index (χ2n) is 27.5. The predicted octanol–water partition coefficient (Wildman–Crippen LogP) is 20.1. The average molecular weight is 1330 g/mol. The normalized spacial score (nSPS) is 14.3. The maximum absolute atomic E-state index is 13.0. The maximum atomic E-state index is 13.0. The molecule has 0 saturated carbocycles. The van der Waals surface area contributed by atoms with E-state index in [1.807, 2.05) is 0 Å². The lowest BCUT2D eigenvalue weighted by Crippen LogP contribution is -2.30. The van der Waals surface area contributed by atoms with Crippen LogP contribution in [0.2, 0.25) is 0 Å². The summed E-state index contributed by atoms with van der Waals surface area (Å²) in [6, 6.07) is 0. The van der Waals surface area contributed by atoms with E-state index in [1.165, 1.54) is 148 Å². The first-order valence-electron chi connectivity index (χ1n) is 36.7. The van der Waals surface area contributed by atoms with Gasteiger partial charge in [-0.1, -0.05) is 299 Å². The SMILES string of the molecule is CC(C)CCCCCCCCCCCCCCC(=O)OC[C@H](COP(=O)(O)OCC(O)COP(=O)(O)OC[C@@H](COC(=O)CCCCCCCCCC(C)C)OC(=O)CCCCCCCCCC(C)C)OC(=O)CCCCCCCCCCCCCCC(C)C. The molecule has 3 unspecified atom stereocenters. The van der Waals surface area contributed by atoms with E-state index < -0.39 is 97.5 Å². The largest absolute Gasteiger partial charge is 0.472 e. The molecule has 0 aliphatic rings. The number of phosphoric acid groups is 2. The molecule has 0 aromatic heterocycles. The van der Waals surface area contributed by atoms with Gasteiger partial charge in [0.05, 0.1) is 26.4 Å². The van der Waals surface area contributed by atoms with Crippen LogP contribution in [0.3, 0.4) is 0 Å². The summed E-state index contributed by atoms with van der Waals surface area (Å²) in [5, 5.41) is 10.6. The molecule has 3 N–H and O–H groups in total. The minimum atomic E-state index is -4.95. The first kappa shape index (κ1) is 88.1. The molecule has 0 radical (unpaired) electrons. The van der Waals surface area contributed by atoms with E-state index in [1.54, 1.807) is 0 Å². The van der Waals surface area contributed by atoms with Crippen LogP contribution in [0.1, 0.15) is 351 Å². The Labute approximate surface area is 549 Å². The highest BCUT2D eigenvalue weighted by Crippen LogP contribution is 2.45. The fraction of sp³-hybridized carbons (Fsp3) is 0.944. The van der Waals surface area contributed by atoms with Crippen LogP contribution in [0.15, 0.2) is 0 Å². The molecule has 0 aliphatic carbocycles. The molecule has 17 nitrogen and oxygen atoms in total. The standard InChI is InChI=1S/C71H138O17P2/c1-61(2)47-39-31-23-17-13-9-11-15-19-27-35-43-51-68(73)81-57-66(87-70(75)53-45-37-28-20-16-12-10-14-18-24-32-40-48-62(3)4)59-85-89(77,78)83-55-65(72)56-84-90(79,80)86-60-67(88-71(76)54-46-38-30-22-26-34-42-50-64(7)8)58-82-69(74)52-44-36-29-21-25-33-41-49-63(5)6/h61-67,72H,9-60H2,1-8H3,(H,77,78)(H,79,80)/t65?,66-,67-/m1/s1. The number of phosphoric ester groups is 2. The van der Waals surface area contributed by atoms with Crippen LogP contribution in [0.25, 0.3) is 0 Å². The van der Waals surface area contributed by atoms with Crippen molar-refractivity contribution < 1.29 is 80.2 Å². The molecule has 534 valence electrons. The molecule has 0 aliphatic heterocycles. The van der Waals surface area contributed by atoms with Crippen molar-refractivity contribution in [2.24, 2.45) is 23.7 Å². The molecule has 19 heteroatoms. The van der Waals surface area contributed by atoms with Gasteiger partial charge < -0.3 is 33.8 Å². The van der Waals surface area contributed by atoms with Crippen LogP contribution in [0, 0.1) is 23.7 Å². The van der Waals surface area contributed by atoms with Crippen molar-refractivity contribution in [1.82, 2.24) is 0 Å². The average Bonchev–Trinajstić information content (AvgIpc) is 2.90. The number of hydrogen-bond acceptors (Lipinski definition) is 15. The zero-order valence-corrected chi connectivity index (χ0v) is 60.6. The summed E-state index contributed by atoms with van der Waals surface area (Å²) in [6.45, 7) is 14.1. The summed E-state index contributed by atoms with van der Waals surface area (Å²) in [7, 11) is -9.90. The molecule has 0 bridgehead atoms. The Morgan fingerprint density at radius 1 is 0.278 bits per heavy atom. The van der Waals surface area contributed by atoms with Gasteiger partial charge in [0.25, 0.3) is 0 Å². The minimum Gasteiger partial charge on any atom is -0.462 e. The van der Waals surface area contributed by atoms with Crippen LogP contribution in [0.4, 0.5) is 0 Å².